The van der Waals surface area contributed by atoms with Gasteiger partial charge in [0.25, 0.3) is 0 Å². The number of rotatable bonds is 1. The number of hydrogen-bond donors (Lipinski definition) is 1. The zero-order valence-electron chi connectivity index (χ0n) is 10.2. The summed E-state index contributed by atoms with van der Waals surface area (Å²) in [5.41, 5.74) is 6.95. The minimum Gasteiger partial charge on any atom is -0.398 e. The van der Waals surface area contributed by atoms with E-state index in [1.807, 2.05) is 36.4 Å². The average Bonchev–Trinajstić information content (AvgIpc) is 2.41. The number of nitrogen functional groups attached to an aromatic ring is 1. The Balaban J connectivity index is 2.71. The maximum atomic E-state index is 12.5. The molecule has 0 saturated carbocycles. The molecule has 1 heterocycles. The van der Waals surface area contributed by atoms with Crippen LogP contribution in [-0.2, 0) is 6.16 Å². The Morgan fingerprint density at radius 3 is 2.56 bits per heavy atom. The number of fused-ring (bicyclic) bond motifs is 2. The van der Waals surface area contributed by atoms with Crippen molar-refractivity contribution >= 4 is 34.2 Å². The fourth-order valence-electron chi connectivity index (χ4n) is 2.54. The van der Waals surface area contributed by atoms with E-state index in [1.165, 1.54) is 5.12 Å². The van der Waals surface area contributed by atoms with Gasteiger partial charge in [0.2, 0.25) is 0 Å². The van der Waals surface area contributed by atoms with Crippen LogP contribution in [0.25, 0.3) is 21.0 Å². The lowest BCUT2D eigenvalue weighted by atomic mass is 10.2. The fraction of sp³-hybridized carbons (Fsp3) is 0.133. The van der Waals surface area contributed by atoms with Gasteiger partial charge in [-0.15, -0.1) is 7.53 Å². The second-order valence-corrected chi connectivity index (χ2v) is 6.75. The van der Waals surface area contributed by atoms with Crippen LogP contribution in [0, 0.1) is 0 Å². The first-order valence-corrected chi connectivity index (χ1v) is 7.56. The summed E-state index contributed by atoms with van der Waals surface area (Å²) in [4.78, 5) is 12.5. The maximum Gasteiger partial charge on any atom is 0.194 e. The maximum absolute atomic E-state index is 12.5. The van der Waals surface area contributed by atoms with Crippen molar-refractivity contribution in [2.24, 2.45) is 0 Å². The van der Waals surface area contributed by atoms with Gasteiger partial charge in [0, 0.05) is 26.7 Å². The normalized spacial score (nSPS) is 12.2. The van der Waals surface area contributed by atoms with Crippen LogP contribution in [0.1, 0.15) is 6.92 Å². The summed E-state index contributed by atoms with van der Waals surface area (Å²) in [5, 5.41) is 3.88. The van der Waals surface area contributed by atoms with Gasteiger partial charge in [-0.1, -0.05) is 37.3 Å². The lowest BCUT2D eigenvalue weighted by Crippen LogP contribution is -2.02. The predicted molar refractivity (Wildman–Crippen MR) is 80.5 cm³/mol. The van der Waals surface area contributed by atoms with Crippen molar-refractivity contribution in [3.05, 3.63) is 52.7 Å². The van der Waals surface area contributed by atoms with E-state index < -0.39 is 7.53 Å². The average molecular weight is 255 g/mol. The first-order valence-electron chi connectivity index (χ1n) is 6.03. The summed E-state index contributed by atoms with van der Waals surface area (Å²) in [5.74, 6) is 0. The predicted octanol–water partition coefficient (Wildman–Crippen LogP) is 3.94. The molecule has 0 fully saturated rings. The van der Waals surface area contributed by atoms with Gasteiger partial charge in [-0.05, 0) is 18.3 Å². The van der Waals surface area contributed by atoms with Crippen molar-refractivity contribution in [2.45, 2.75) is 13.1 Å². The molecule has 3 aromatic rings. The molecule has 0 amide bonds. The van der Waals surface area contributed by atoms with Crippen molar-refractivity contribution in [1.82, 2.24) is 0 Å². The Morgan fingerprint density at radius 2 is 1.78 bits per heavy atom. The lowest BCUT2D eigenvalue weighted by Gasteiger charge is -2.11. The standard InChI is InChI=1S/C15H14NOP/c1-2-18-13-9-4-3-6-10(13)14(17)11-7-5-8-12(16)15(11)18/h3-9H,2,16H2,1H3. The van der Waals surface area contributed by atoms with Crippen molar-refractivity contribution in [3.63, 3.8) is 0 Å². The molecule has 0 radical (unpaired) electrons. The van der Waals surface area contributed by atoms with Gasteiger partial charge in [-0.2, -0.15) is 0 Å². The number of hydrogen-bond acceptors (Lipinski definition) is 2. The van der Waals surface area contributed by atoms with Crippen molar-refractivity contribution in [1.29, 1.82) is 0 Å². The lowest BCUT2D eigenvalue weighted by molar-refractivity contribution is 1.39. The second-order valence-electron chi connectivity index (χ2n) is 4.33. The SMILES string of the molecule is CCp1c2ccccc2c(=O)c2cccc(N)c21. The highest BCUT2D eigenvalue weighted by Crippen LogP contribution is 2.45. The Hall–Kier alpha value is -1.79. The summed E-state index contributed by atoms with van der Waals surface area (Å²) >= 11 is 0. The third kappa shape index (κ3) is 1.46. The summed E-state index contributed by atoms with van der Waals surface area (Å²) in [6.07, 6.45) is 1.01. The second kappa shape index (κ2) is 4.15. The monoisotopic (exact) mass is 255 g/mol. The molecule has 0 aliphatic heterocycles. The smallest absolute Gasteiger partial charge is 0.194 e. The molecule has 3 rings (SSSR count). The van der Waals surface area contributed by atoms with Gasteiger partial charge in [-0.25, -0.2) is 0 Å². The zero-order valence-corrected chi connectivity index (χ0v) is 11.1. The summed E-state index contributed by atoms with van der Waals surface area (Å²) in [6.45, 7) is 2.16. The van der Waals surface area contributed by atoms with Crippen molar-refractivity contribution in [3.8, 4) is 0 Å². The van der Waals surface area contributed by atoms with Gasteiger partial charge in [0.05, 0.1) is 0 Å². The van der Waals surface area contributed by atoms with Crippen LogP contribution in [0.4, 0.5) is 5.69 Å². The van der Waals surface area contributed by atoms with Crippen LogP contribution in [0.15, 0.2) is 47.3 Å². The molecule has 18 heavy (non-hydrogen) atoms. The topological polar surface area (TPSA) is 43.1 Å². The molecule has 2 nitrogen and oxygen atoms in total. The zero-order chi connectivity index (χ0) is 12.7. The molecule has 0 saturated heterocycles. The first kappa shape index (κ1) is 11.3. The molecule has 2 aromatic carbocycles. The molecule has 0 aliphatic carbocycles. The first-order chi connectivity index (χ1) is 8.74. The van der Waals surface area contributed by atoms with Gasteiger partial charge >= 0.3 is 0 Å². The van der Waals surface area contributed by atoms with Crippen molar-refractivity contribution in [2.75, 3.05) is 5.73 Å². The highest BCUT2D eigenvalue weighted by atomic mass is 31.1. The van der Waals surface area contributed by atoms with E-state index in [0.29, 0.717) is 0 Å². The molecule has 0 bridgehead atoms. The third-order valence-corrected chi connectivity index (χ3v) is 5.98. The molecular formula is C15H14NOP. The molecule has 3 heteroatoms. The Labute approximate surface area is 106 Å². The molecule has 1 aromatic heterocycles. The van der Waals surface area contributed by atoms with E-state index >= 15 is 0 Å². The van der Waals surface area contributed by atoms with Crippen LogP contribution in [0.3, 0.4) is 0 Å². The van der Waals surface area contributed by atoms with E-state index in [-0.39, 0.29) is 5.43 Å². The Kier molecular flexibility index (Phi) is 2.61. The number of nitrogens with two attached hydrogens (primary N) is 1. The largest absolute Gasteiger partial charge is 0.398 e. The molecule has 2 N–H and O–H groups in total. The van der Waals surface area contributed by atoms with Gasteiger partial charge in [0.1, 0.15) is 0 Å². The number of aryl methyl sites for hydroxylation is 1. The Bertz CT molecular complexity index is 805. The van der Waals surface area contributed by atoms with E-state index in [1.54, 1.807) is 0 Å². The molecule has 90 valence electrons. The van der Waals surface area contributed by atoms with Crippen LogP contribution in [0.5, 0.6) is 0 Å². The molecule has 1 unspecified atom stereocenters. The highest BCUT2D eigenvalue weighted by molar-refractivity contribution is 7.60. The molecule has 0 aliphatic rings. The molecular weight excluding hydrogens is 241 g/mol. The number of benzene rings is 2. The van der Waals surface area contributed by atoms with Crippen molar-refractivity contribution < 1.29 is 0 Å². The highest BCUT2D eigenvalue weighted by Gasteiger charge is 2.11. The fourth-order valence-corrected chi connectivity index (χ4v) is 5.02. The third-order valence-electron chi connectivity index (χ3n) is 3.34. The summed E-state index contributed by atoms with van der Waals surface area (Å²) in [7, 11) is -0.494. The van der Waals surface area contributed by atoms with Crippen LogP contribution in [-0.4, -0.2) is 0 Å². The van der Waals surface area contributed by atoms with Crippen LogP contribution < -0.4 is 11.2 Å². The molecule has 0 spiro atoms. The van der Waals surface area contributed by atoms with E-state index in [4.69, 9.17) is 5.73 Å². The van der Waals surface area contributed by atoms with Crippen LogP contribution >= 0.6 is 7.53 Å². The number of anilines is 1. The van der Waals surface area contributed by atoms with Gasteiger partial charge in [0.15, 0.2) is 5.43 Å². The van der Waals surface area contributed by atoms with E-state index in [9.17, 15) is 4.79 Å². The van der Waals surface area contributed by atoms with Gasteiger partial charge in [-0.3, -0.25) is 4.79 Å². The van der Waals surface area contributed by atoms with Crippen LogP contribution in [0.2, 0.25) is 0 Å². The molecule has 1 atom stereocenters. The quantitative estimate of drug-likeness (QED) is 0.528. The summed E-state index contributed by atoms with van der Waals surface area (Å²) in [6, 6.07) is 13.6. The van der Waals surface area contributed by atoms with E-state index in [2.05, 4.69) is 13.0 Å². The summed E-state index contributed by atoms with van der Waals surface area (Å²) < 4.78 is 0. The van der Waals surface area contributed by atoms with Gasteiger partial charge < -0.3 is 5.73 Å². The van der Waals surface area contributed by atoms with E-state index in [0.717, 1.165) is 27.7 Å². The minimum atomic E-state index is -0.494. The minimum absolute atomic E-state index is 0.111. The Morgan fingerprint density at radius 1 is 1.06 bits per heavy atom.